The average Bonchev–Trinajstić information content (AvgIpc) is 3.37. The second-order valence-corrected chi connectivity index (χ2v) is 7.43. The van der Waals surface area contributed by atoms with E-state index in [1.807, 2.05) is 0 Å². The van der Waals surface area contributed by atoms with Crippen molar-refractivity contribution in [3.05, 3.63) is 54.3 Å². The Morgan fingerprint density at radius 3 is 2.64 bits per heavy atom. The monoisotopic (exact) mass is 364 g/mol. The molecule has 2 aromatic carbocycles. The third-order valence-corrected chi connectivity index (χ3v) is 5.01. The number of hydrogen-bond acceptors (Lipinski definition) is 4. The summed E-state index contributed by atoms with van der Waals surface area (Å²) in [4.78, 5) is 12.0. The number of hydrogen-bond donors (Lipinski definition) is 2. The van der Waals surface area contributed by atoms with Crippen molar-refractivity contribution in [3.63, 3.8) is 0 Å². The average molecular weight is 364 g/mol. The van der Waals surface area contributed by atoms with E-state index in [9.17, 15) is 17.6 Å². The van der Waals surface area contributed by atoms with Gasteiger partial charge in [-0.15, -0.1) is 0 Å². The summed E-state index contributed by atoms with van der Waals surface area (Å²) in [6, 6.07) is 11.4. The molecule has 3 rings (SSSR count). The van der Waals surface area contributed by atoms with Gasteiger partial charge in [0.05, 0.1) is 4.90 Å². The number of ether oxygens (including phenoxy) is 1. The Morgan fingerprint density at radius 1 is 1.16 bits per heavy atom. The lowest BCUT2D eigenvalue weighted by Crippen LogP contribution is -2.26. The van der Waals surface area contributed by atoms with Crippen molar-refractivity contribution in [2.45, 2.75) is 23.8 Å². The molecule has 0 unspecified atom stereocenters. The first-order valence-electron chi connectivity index (χ1n) is 7.73. The van der Waals surface area contributed by atoms with Gasteiger partial charge in [0.25, 0.3) is 5.91 Å². The number of nitrogens with one attached hydrogen (secondary N) is 2. The molecular formula is C17H17FN2O4S. The maximum Gasteiger partial charge on any atom is 0.262 e. The molecule has 132 valence electrons. The first-order valence-corrected chi connectivity index (χ1v) is 9.21. The van der Waals surface area contributed by atoms with Crippen LogP contribution in [0.1, 0.15) is 12.8 Å². The van der Waals surface area contributed by atoms with Crippen LogP contribution in [-0.2, 0) is 14.8 Å². The van der Waals surface area contributed by atoms with Crippen LogP contribution in [0.2, 0.25) is 0 Å². The molecule has 0 radical (unpaired) electrons. The Labute approximate surface area is 145 Å². The van der Waals surface area contributed by atoms with Gasteiger partial charge in [0.15, 0.2) is 6.61 Å². The molecule has 0 atom stereocenters. The lowest BCUT2D eigenvalue weighted by atomic mass is 10.3. The summed E-state index contributed by atoms with van der Waals surface area (Å²) in [6.07, 6.45) is 1.68. The zero-order valence-corrected chi connectivity index (χ0v) is 14.1. The van der Waals surface area contributed by atoms with Gasteiger partial charge >= 0.3 is 0 Å². The van der Waals surface area contributed by atoms with Crippen LogP contribution in [0.3, 0.4) is 0 Å². The first-order chi connectivity index (χ1) is 11.9. The molecule has 25 heavy (non-hydrogen) atoms. The number of carbonyl (C=O) groups is 1. The van der Waals surface area contributed by atoms with Crippen molar-refractivity contribution in [1.82, 2.24) is 4.72 Å². The molecule has 1 amide bonds. The van der Waals surface area contributed by atoms with Crippen LogP contribution in [-0.4, -0.2) is 27.0 Å². The van der Waals surface area contributed by atoms with Crippen LogP contribution in [0.15, 0.2) is 53.4 Å². The van der Waals surface area contributed by atoms with E-state index >= 15 is 0 Å². The highest BCUT2D eigenvalue weighted by molar-refractivity contribution is 7.89. The topological polar surface area (TPSA) is 84.5 Å². The number of amides is 1. The van der Waals surface area contributed by atoms with E-state index in [1.54, 1.807) is 12.1 Å². The van der Waals surface area contributed by atoms with Crippen LogP contribution >= 0.6 is 0 Å². The Balaban J connectivity index is 1.60. The SMILES string of the molecule is O=C(COc1cccc(F)c1)Nc1cccc(S(=O)(=O)NC2CC2)c1. The molecule has 6 nitrogen and oxygen atoms in total. The van der Waals surface area contributed by atoms with Crippen molar-refractivity contribution >= 4 is 21.6 Å². The molecule has 0 spiro atoms. The van der Waals surface area contributed by atoms with Gasteiger partial charge in [0, 0.05) is 17.8 Å². The van der Waals surface area contributed by atoms with Crippen molar-refractivity contribution in [2.24, 2.45) is 0 Å². The first kappa shape index (κ1) is 17.4. The molecule has 0 aromatic heterocycles. The molecule has 8 heteroatoms. The van der Waals surface area contributed by atoms with Crippen LogP contribution < -0.4 is 14.8 Å². The number of benzene rings is 2. The summed E-state index contributed by atoms with van der Waals surface area (Å²) in [5.41, 5.74) is 0.339. The van der Waals surface area contributed by atoms with E-state index in [-0.39, 0.29) is 23.3 Å². The molecule has 0 saturated heterocycles. The van der Waals surface area contributed by atoms with Crippen LogP contribution in [0.5, 0.6) is 5.75 Å². The van der Waals surface area contributed by atoms with E-state index in [0.717, 1.165) is 12.8 Å². The van der Waals surface area contributed by atoms with Gasteiger partial charge in [-0.25, -0.2) is 17.5 Å². The zero-order chi connectivity index (χ0) is 17.9. The number of anilines is 1. The summed E-state index contributed by atoms with van der Waals surface area (Å²) in [5, 5.41) is 2.56. The number of sulfonamides is 1. The van der Waals surface area contributed by atoms with E-state index in [2.05, 4.69) is 10.0 Å². The molecule has 0 aliphatic heterocycles. The molecule has 1 saturated carbocycles. The van der Waals surface area contributed by atoms with Gasteiger partial charge in [-0.05, 0) is 43.2 Å². The van der Waals surface area contributed by atoms with E-state index < -0.39 is 21.7 Å². The number of rotatable bonds is 7. The second-order valence-electron chi connectivity index (χ2n) is 5.72. The predicted octanol–water partition coefficient (Wildman–Crippen LogP) is 2.28. The van der Waals surface area contributed by atoms with Gasteiger partial charge in [-0.3, -0.25) is 4.79 Å². The van der Waals surface area contributed by atoms with Crippen LogP contribution in [0.4, 0.5) is 10.1 Å². The molecular weight excluding hydrogens is 347 g/mol. The minimum absolute atomic E-state index is 0.00270. The largest absolute Gasteiger partial charge is 0.484 e. The van der Waals surface area contributed by atoms with E-state index in [0.29, 0.717) is 5.69 Å². The van der Waals surface area contributed by atoms with Crippen molar-refractivity contribution in [1.29, 1.82) is 0 Å². The standard InChI is InChI=1S/C17H17FN2O4S/c18-12-3-1-5-15(9-12)24-11-17(21)19-14-4-2-6-16(10-14)25(22,23)20-13-7-8-13/h1-6,9-10,13,20H,7-8,11H2,(H,19,21). The Hall–Kier alpha value is -2.45. The van der Waals surface area contributed by atoms with E-state index in [1.165, 1.54) is 36.4 Å². The van der Waals surface area contributed by atoms with E-state index in [4.69, 9.17) is 4.74 Å². The van der Waals surface area contributed by atoms with Gasteiger partial charge in [0.1, 0.15) is 11.6 Å². The fourth-order valence-electron chi connectivity index (χ4n) is 2.13. The summed E-state index contributed by atoms with van der Waals surface area (Å²) < 4.78 is 45.2. The maximum absolute atomic E-state index is 13.0. The third kappa shape index (κ3) is 5.01. The molecule has 0 bridgehead atoms. The zero-order valence-electron chi connectivity index (χ0n) is 13.2. The highest BCUT2D eigenvalue weighted by Crippen LogP contribution is 2.23. The molecule has 0 heterocycles. The van der Waals surface area contributed by atoms with Gasteiger partial charge in [0.2, 0.25) is 10.0 Å². The van der Waals surface area contributed by atoms with Gasteiger partial charge in [-0.1, -0.05) is 12.1 Å². The Bertz CT molecular complexity index is 882. The second kappa shape index (κ2) is 7.20. The maximum atomic E-state index is 13.0. The summed E-state index contributed by atoms with van der Waals surface area (Å²) in [5.74, 6) is -0.701. The normalized spacial score (nSPS) is 14.1. The fraction of sp³-hybridized carbons (Fsp3) is 0.235. The molecule has 2 N–H and O–H groups in total. The summed E-state index contributed by atoms with van der Waals surface area (Å²) in [6.45, 7) is -0.319. The summed E-state index contributed by atoms with van der Waals surface area (Å²) >= 11 is 0. The van der Waals surface area contributed by atoms with Crippen molar-refractivity contribution in [3.8, 4) is 5.75 Å². The van der Waals surface area contributed by atoms with Crippen molar-refractivity contribution < 1.29 is 22.3 Å². The predicted molar refractivity (Wildman–Crippen MR) is 90.3 cm³/mol. The van der Waals surface area contributed by atoms with Gasteiger partial charge < -0.3 is 10.1 Å². The molecule has 1 aliphatic rings. The highest BCUT2D eigenvalue weighted by Gasteiger charge is 2.28. The third-order valence-electron chi connectivity index (χ3n) is 3.49. The van der Waals surface area contributed by atoms with Gasteiger partial charge in [-0.2, -0.15) is 0 Å². The highest BCUT2D eigenvalue weighted by atomic mass is 32.2. The number of carbonyl (C=O) groups excluding carboxylic acids is 1. The minimum Gasteiger partial charge on any atom is -0.484 e. The number of halogens is 1. The Kier molecular flexibility index (Phi) is 5.00. The lowest BCUT2D eigenvalue weighted by molar-refractivity contribution is -0.118. The molecule has 2 aromatic rings. The summed E-state index contributed by atoms with van der Waals surface area (Å²) in [7, 11) is -3.59. The minimum atomic E-state index is -3.59. The van der Waals surface area contributed by atoms with Crippen LogP contribution in [0.25, 0.3) is 0 Å². The van der Waals surface area contributed by atoms with Crippen LogP contribution in [0, 0.1) is 5.82 Å². The quantitative estimate of drug-likeness (QED) is 0.789. The smallest absolute Gasteiger partial charge is 0.262 e. The Morgan fingerprint density at radius 2 is 1.92 bits per heavy atom. The fourth-order valence-corrected chi connectivity index (χ4v) is 3.48. The lowest BCUT2D eigenvalue weighted by Gasteiger charge is -2.10. The molecule has 1 fully saturated rings. The molecule has 1 aliphatic carbocycles. The van der Waals surface area contributed by atoms with Crippen molar-refractivity contribution in [2.75, 3.05) is 11.9 Å².